The molecule has 8 nitrogen and oxygen atoms in total. The first kappa shape index (κ1) is 20.2. The van der Waals surface area contributed by atoms with Crippen LogP contribution in [0.3, 0.4) is 0 Å². The van der Waals surface area contributed by atoms with Crippen LogP contribution < -0.4 is 5.32 Å². The van der Waals surface area contributed by atoms with Crippen molar-refractivity contribution >= 4 is 17.4 Å². The molecule has 2 heterocycles. The molecular weight excluding hydrogens is 368 g/mol. The molecule has 0 spiro atoms. The number of aromatic nitrogens is 4. The van der Waals surface area contributed by atoms with Crippen LogP contribution in [-0.2, 0) is 6.54 Å². The van der Waals surface area contributed by atoms with Crippen LogP contribution in [0.15, 0.2) is 42.9 Å². The zero-order valence-electron chi connectivity index (χ0n) is 16.3. The smallest absolute Gasteiger partial charge is 0.227 e. The number of hydrogen-bond acceptors (Lipinski definition) is 7. The van der Waals surface area contributed by atoms with E-state index in [1.807, 2.05) is 19.1 Å². The predicted octanol–water partition coefficient (Wildman–Crippen LogP) is 3.12. The van der Waals surface area contributed by atoms with Gasteiger partial charge in [0.05, 0.1) is 42.7 Å². The molecule has 2 aromatic heterocycles. The number of nitriles is 1. The number of anilines is 2. The molecule has 0 unspecified atom stereocenters. The van der Waals surface area contributed by atoms with Gasteiger partial charge in [0.2, 0.25) is 5.95 Å². The number of aliphatic hydroxyl groups excluding tert-OH is 1. The average molecular weight is 390 g/mol. The van der Waals surface area contributed by atoms with Crippen molar-refractivity contribution in [2.24, 2.45) is 5.92 Å². The number of aryl methyl sites for hydroxylation is 1. The maximum atomic E-state index is 12.2. The maximum Gasteiger partial charge on any atom is 0.227 e. The SMILES string of the molecule is Cc1cnc(Nc2cnn(CCO)c2)nc1-c1ccc(C(=O)C[C@@H](C)C#N)cc1. The van der Waals surface area contributed by atoms with Crippen molar-refractivity contribution in [3.63, 3.8) is 0 Å². The Morgan fingerprint density at radius 2 is 2.07 bits per heavy atom. The summed E-state index contributed by atoms with van der Waals surface area (Å²) in [7, 11) is 0. The molecule has 148 valence electrons. The van der Waals surface area contributed by atoms with Crippen LogP contribution in [0.5, 0.6) is 0 Å². The Hall–Kier alpha value is -3.57. The van der Waals surface area contributed by atoms with Gasteiger partial charge in [-0.05, 0) is 19.4 Å². The second-order valence-corrected chi connectivity index (χ2v) is 6.80. The van der Waals surface area contributed by atoms with Crippen molar-refractivity contribution in [2.45, 2.75) is 26.8 Å². The molecule has 3 aromatic rings. The van der Waals surface area contributed by atoms with Gasteiger partial charge >= 0.3 is 0 Å². The van der Waals surface area contributed by atoms with E-state index in [0.717, 1.165) is 22.5 Å². The third kappa shape index (κ3) is 5.03. The highest BCUT2D eigenvalue weighted by molar-refractivity contribution is 5.96. The molecule has 0 fully saturated rings. The molecule has 1 aromatic carbocycles. The van der Waals surface area contributed by atoms with Crippen molar-refractivity contribution in [2.75, 3.05) is 11.9 Å². The third-order valence-corrected chi connectivity index (χ3v) is 4.38. The maximum absolute atomic E-state index is 12.2. The van der Waals surface area contributed by atoms with E-state index in [4.69, 9.17) is 10.4 Å². The van der Waals surface area contributed by atoms with Gasteiger partial charge in [-0.3, -0.25) is 9.48 Å². The lowest BCUT2D eigenvalue weighted by molar-refractivity contribution is 0.0973. The molecule has 1 atom stereocenters. The molecule has 0 saturated heterocycles. The summed E-state index contributed by atoms with van der Waals surface area (Å²) in [6.45, 7) is 4.09. The third-order valence-electron chi connectivity index (χ3n) is 4.38. The van der Waals surface area contributed by atoms with Gasteiger partial charge in [0.1, 0.15) is 0 Å². The summed E-state index contributed by atoms with van der Waals surface area (Å²) in [4.78, 5) is 21.1. The van der Waals surface area contributed by atoms with E-state index in [2.05, 4.69) is 26.5 Å². The molecule has 0 aliphatic heterocycles. The van der Waals surface area contributed by atoms with Gasteiger partial charge in [-0.1, -0.05) is 24.3 Å². The van der Waals surface area contributed by atoms with Gasteiger partial charge in [0, 0.05) is 29.9 Å². The van der Waals surface area contributed by atoms with Crippen molar-refractivity contribution in [1.82, 2.24) is 19.7 Å². The summed E-state index contributed by atoms with van der Waals surface area (Å²) in [6.07, 6.45) is 5.35. The summed E-state index contributed by atoms with van der Waals surface area (Å²) in [5.74, 6) is 0.0751. The Kier molecular flexibility index (Phi) is 6.32. The fraction of sp³-hybridized carbons (Fsp3) is 0.286. The summed E-state index contributed by atoms with van der Waals surface area (Å²) < 4.78 is 1.63. The van der Waals surface area contributed by atoms with Crippen LogP contribution in [-0.4, -0.2) is 37.2 Å². The molecule has 0 bridgehead atoms. The van der Waals surface area contributed by atoms with Crippen LogP contribution in [0.1, 0.15) is 29.3 Å². The number of nitrogens with one attached hydrogen (secondary N) is 1. The largest absolute Gasteiger partial charge is 0.394 e. The number of benzene rings is 1. The lowest BCUT2D eigenvalue weighted by atomic mass is 9.99. The first-order valence-corrected chi connectivity index (χ1v) is 9.27. The van der Waals surface area contributed by atoms with Gasteiger partial charge in [-0.15, -0.1) is 0 Å². The normalized spacial score (nSPS) is 11.7. The quantitative estimate of drug-likeness (QED) is 0.568. The number of Topliss-reactive ketones (excluding diaryl/α,β-unsaturated/α-hetero) is 1. The van der Waals surface area contributed by atoms with E-state index < -0.39 is 0 Å². The average Bonchev–Trinajstić information content (AvgIpc) is 3.16. The van der Waals surface area contributed by atoms with Crippen molar-refractivity contribution < 1.29 is 9.90 Å². The molecule has 29 heavy (non-hydrogen) atoms. The molecule has 0 radical (unpaired) electrons. The number of ketones is 1. The minimum atomic E-state index is -0.304. The molecule has 0 aliphatic rings. The minimum Gasteiger partial charge on any atom is -0.394 e. The first-order valence-electron chi connectivity index (χ1n) is 9.27. The predicted molar refractivity (Wildman–Crippen MR) is 109 cm³/mol. The monoisotopic (exact) mass is 390 g/mol. The Morgan fingerprint density at radius 1 is 1.31 bits per heavy atom. The number of carbonyl (C=O) groups excluding carboxylic acids is 1. The van der Waals surface area contributed by atoms with Crippen molar-refractivity contribution in [3.05, 3.63) is 54.0 Å². The van der Waals surface area contributed by atoms with E-state index in [0.29, 0.717) is 18.1 Å². The summed E-state index contributed by atoms with van der Waals surface area (Å²) >= 11 is 0. The summed E-state index contributed by atoms with van der Waals surface area (Å²) in [6, 6.07) is 9.30. The number of rotatable bonds is 8. The van der Waals surface area contributed by atoms with Crippen molar-refractivity contribution in [1.29, 1.82) is 5.26 Å². The summed E-state index contributed by atoms with van der Waals surface area (Å²) in [5, 5.41) is 25.1. The highest BCUT2D eigenvalue weighted by Crippen LogP contribution is 2.24. The number of aliphatic hydroxyl groups is 1. The minimum absolute atomic E-state index is 0.0141. The second kappa shape index (κ2) is 9.08. The standard InChI is InChI=1S/C21H22N6O2/c1-14(10-22)9-19(29)16-3-5-17(6-4-16)20-15(2)11-23-21(26-20)25-18-12-24-27(13-18)7-8-28/h3-6,11-14,28H,7-9H2,1-2H3,(H,23,25,26)/t14-/m1/s1. The first-order chi connectivity index (χ1) is 14.0. The van der Waals surface area contributed by atoms with E-state index in [9.17, 15) is 4.79 Å². The number of carbonyl (C=O) groups is 1. The lowest BCUT2D eigenvalue weighted by Crippen LogP contribution is -2.04. The van der Waals surface area contributed by atoms with Crippen LogP contribution in [0, 0.1) is 24.2 Å². The van der Waals surface area contributed by atoms with E-state index in [1.54, 1.807) is 42.3 Å². The van der Waals surface area contributed by atoms with Crippen molar-refractivity contribution in [3.8, 4) is 17.3 Å². The molecule has 8 heteroatoms. The summed E-state index contributed by atoms with van der Waals surface area (Å²) in [5.41, 5.74) is 3.84. The van der Waals surface area contributed by atoms with Gasteiger partial charge in [0.25, 0.3) is 0 Å². The number of hydrogen-bond donors (Lipinski definition) is 2. The van der Waals surface area contributed by atoms with E-state index in [1.165, 1.54) is 0 Å². The second-order valence-electron chi connectivity index (χ2n) is 6.80. The fourth-order valence-electron chi connectivity index (χ4n) is 2.83. The lowest BCUT2D eigenvalue weighted by Gasteiger charge is -2.09. The Morgan fingerprint density at radius 3 is 2.76 bits per heavy atom. The Labute approximate surface area is 168 Å². The van der Waals surface area contributed by atoms with Crippen LogP contribution in [0.4, 0.5) is 11.6 Å². The molecule has 3 rings (SSSR count). The van der Waals surface area contributed by atoms with Gasteiger partial charge in [0.15, 0.2) is 5.78 Å². The van der Waals surface area contributed by atoms with Crippen LogP contribution in [0.2, 0.25) is 0 Å². The zero-order valence-corrected chi connectivity index (χ0v) is 16.3. The van der Waals surface area contributed by atoms with Gasteiger partial charge < -0.3 is 10.4 Å². The molecule has 0 aliphatic carbocycles. The fourth-order valence-corrected chi connectivity index (χ4v) is 2.83. The zero-order chi connectivity index (χ0) is 20.8. The Balaban J connectivity index is 1.78. The highest BCUT2D eigenvalue weighted by atomic mass is 16.3. The topological polar surface area (TPSA) is 117 Å². The molecular formula is C21H22N6O2. The highest BCUT2D eigenvalue weighted by Gasteiger charge is 2.12. The van der Waals surface area contributed by atoms with E-state index in [-0.39, 0.29) is 24.7 Å². The van der Waals surface area contributed by atoms with Crippen LogP contribution in [0.25, 0.3) is 11.3 Å². The Bertz CT molecular complexity index is 1040. The van der Waals surface area contributed by atoms with E-state index >= 15 is 0 Å². The molecule has 0 amide bonds. The van der Waals surface area contributed by atoms with Crippen LogP contribution >= 0.6 is 0 Å². The van der Waals surface area contributed by atoms with Gasteiger partial charge in [-0.25, -0.2) is 9.97 Å². The molecule has 2 N–H and O–H groups in total. The molecule has 0 saturated carbocycles. The number of nitrogens with zero attached hydrogens (tertiary/aromatic N) is 5. The van der Waals surface area contributed by atoms with Gasteiger partial charge in [-0.2, -0.15) is 10.4 Å².